The van der Waals surface area contributed by atoms with Crippen molar-refractivity contribution in [3.63, 3.8) is 0 Å². The Labute approximate surface area is 223 Å². The van der Waals surface area contributed by atoms with E-state index >= 15 is 0 Å². The summed E-state index contributed by atoms with van der Waals surface area (Å²) < 4.78 is 10.4. The Morgan fingerprint density at radius 1 is 0.615 bits per heavy atom. The van der Waals surface area contributed by atoms with Gasteiger partial charge in [0.1, 0.15) is 24.7 Å². The molecule has 0 saturated heterocycles. The van der Waals surface area contributed by atoms with E-state index in [9.17, 15) is 43.8 Å². The first-order valence-corrected chi connectivity index (χ1v) is 12.0. The van der Waals surface area contributed by atoms with Gasteiger partial charge >= 0.3 is 23.9 Å². The summed E-state index contributed by atoms with van der Waals surface area (Å²) in [5.41, 5.74) is 0. The van der Waals surface area contributed by atoms with E-state index in [1.807, 2.05) is 0 Å². The second-order valence-corrected chi connectivity index (χ2v) is 8.15. The van der Waals surface area contributed by atoms with Crippen molar-refractivity contribution in [1.29, 1.82) is 0 Å². The molecule has 222 valence electrons. The Morgan fingerprint density at radius 3 is 1.62 bits per heavy atom. The van der Waals surface area contributed by atoms with Gasteiger partial charge in [-0.05, 0) is 26.3 Å². The monoisotopic (exact) mass is 564 g/mol. The summed E-state index contributed by atoms with van der Waals surface area (Å²) in [5, 5.41) is 45.4. The van der Waals surface area contributed by atoms with E-state index in [-0.39, 0.29) is 13.2 Å². The highest BCUT2D eigenvalue weighted by molar-refractivity contribution is 5.91. The van der Waals surface area contributed by atoms with Gasteiger partial charge in [0.2, 0.25) is 17.7 Å². The van der Waals surface area contributed by atoms with E-state index in [0.29, 0.717) is 13.2 Å². The SMILES string of the molecule is CNCCOCCOCC(=O)NC(CCC(=O)NC(CCC(=O)O)C(=O)O)C(=O)NC(CCC(=O)O)C(=O)O. The highest BCUT2D eigenvalue weighted by Gasteiger charge is 2.28. The molecule has 0 aliphatic rings. The van der Waals surface area contributed by atoms with Crippen LogP contribution in [0.4, 0.5) is 0 Å². The van der Waals surface area contributed by atoms with Gasteiger partial charge in [-0.3, -0.25) is 24.0 Å². The predicted molar refractivity (Wildman–Crippen MR) is 130 cm³/mol. The van der Waals surface area contributed by atoms with Crippen LogP contribution in [0.2, 0.25) is 0 Å². The summed E-state index contributed by atoms with van der Waals surface area (Å²) in [7, 11) is 1.75. The summed E-state index contributed by atoms with van der Waals surface area (Å²) in [5.74, 6) is -8.22. The molecule has 3 atom stereocenters. The Morgan fingerprint density at radius 2 is 1.10 bits per heavy atom. The van der Waals surface area contributed by atoms with E-state index in [1.165, 1.54) is 0 Å². The first-order chi connectivity index (χ1) is 18.4. The van der Waals surface area contributed by atoms with E-state index in [4.69, 9.17) is 19.7 Å². The van der Waals surface area contributed by atoms with Crippen LogP contribution in [0.25, 0.3) is 0 Å². The summed E-state index contributed by atoms with van der Waals surface area (Å²) >= 11 is 0. The molecule has 0 fully saturated rings. The molecule has 17 nitrogen and oxygen atoms in total. The van der Waals surface area contributed by atoms with Crippen LogP contribution in [0.3, 0.4) is 0 Å². The molecule has 0 aliphatic carbocycles. The first-order valence-electron chi connectivity index (χ1n) is 12.0. The van der Waals surface area contributed by atoms with Crippen LogP contribution in [-0.2, 0) is 43.0 Å². The number of carbonyl (C=O) groups is 7. The third-order valence-corrected chi connectivity index (χ3v) is 4.96. The molecule has 0 aliphatic heterocycles. The largest absolute Gasteiger partial charge is 0.481 e. The average molecular weight is 565 g/mol. The fourth-order valence-electron chi connectivity index (χ4n) is 2.93. The van der Waals surface area contributed by atoms with Gasteiger partial charge in [0.15, 0.2) is 0 Å². The molecule has 0 saturated carbocycles. The Balaban J connectivity index is 5.19. The van der Waals surface area contributed by atoms with Gasteiger partial charge in [0, 0.05) is 25.8 Å². The predicted octanol–water partition coefficient (Wildman–Crippen LogP) is -2.63. The third kappa shape index (κ3) is 18.1. The van der Waals surface area contributed by atoms with Crippen LogP contribution in [-0.4, -0.2) is 120 Å². The van der Waals surface area contributed by atoms with Crippen LogP contribution in [0.15, 0.2) is 0 Å². The number of likely N-dealkylation sites (N-methyl/N-ethyl adjacent to an activating group) is 1. The number of hydrogen-bond acceptors (Lipinski definition) is 10. The number of hydrogen-bond donors (Lipinski definition) is 8. The average Bonchev–Trinajstić information content (AvgIpc) is 2.85. The number of carbonyl (C=O) groups excluding carboxylic acids is 3. The van der Waals surface area contributed by atoms with Crippen LogP contribution >= 0.6 is 0 Å². The van der Waals surface area contributed by atoms with Crippen molar-refractivity contribution in [2.75, 3.05) is 40.0 Å². The van der Waals surface area contributed by atoms with Crippen molar-refractivity contribution in [3.05, 3.63) is 0 Å². The highest BCUT2D eigenvalue weighted by Crippen LogP contribution is 2.05. The maximum atomic E-state index is 12.7. The number of carboxylic acid groups (broad SMARTS) is 4. The van der Waals surface area contributed by atoms with E-state index in [1.54, 1.807) is 7.05 Å². The van der Waals surface area contributed by atoms with E-state index < -0.39 is 105 Å². The third-order valence-electron chi connectivity index (χ3n) is 4.96. The molecule has 3 unspecified atom stereocenters. The normalized spacial score (nSPS) is 12.9. The lowest BCUT2D eigenvalue weighted by atomic mass is 10.1. The van der Waals surface area contributed by atoms with Gasteiger partial charge in [-0.15, -0.1) is 0 Å². The molecule has 0 radical (unpaired) electrons. The lowest BCUT2D eigenvalue weighted by Gasteiger charge is -2.21. The van der Waals surface area contributed by atoms with E-state index in [0.717, 1.165) is 0 Å². The van der Waals surface area contributed by atoms with Crippen molar-refractivity contribution >= 4 is 41.6 Å². The summed E-state index contributed by atoms with van der Waals surface area (Å²) in [6.45, 7) is 0.779. The van der Waals surface area contributed by atoms with Crippen LogP contribution in [0.5, 0.6) is 0 Å². The van der Waals surface area contributed by atoms with Gasteiger partial charge in [-0.1, -0.05) is 0 Å². The second kappa shape index (κ2) is 20.2. The Bertz CT molecular complexity index is 852. The standard InChI is InChI=1S/C22H36N4O13/c1-23-8-9-38-10-11-39-12-17(28)24-13(20(33)26-15(22(36)37)4-7-19(31)32)2-5-16(27)25-14(21(34)35)3-6-18(29)30/h13-15,23H,2-12H2,1H3,(H,24,28)(H,25,27)(H,26,33)(H,29,30)(H,31,32)(H,34,35)(H,36,37). The first kappa shape index (κ1) is 35.2. The maximum absolute atomic E-state index is 12.7. The van der Waals surface area contributed by atoms with Crippen LogP contribution < -0.4 is 21.3 Å². The fraction of sp³-hybridized carbons (Fsp3) is 0.682. The molecular weight excluding hydrogens is 528 g/mol. The lowest BCUT2D eigenvalue weighted by Crippen LogP contribution is -2.52. The van der Waals surface area contributed by atoms with E-state index in [2.05, 4.69) is 21.3 Å². The topological polar surface area (TPSA) is 267 Å². The molecule has 39 heavy (non-hydrogen) atoms. The highest BCUT2D eigenvalue weighted by atomic mass is 16.5. The molecule has 0 aromatic carbocycles. The summed E-state index contributed by atoms with van der Waals surface area (Å²) in [6, 6.07) is -4.57. The summed E-state index contributed by atoms with van der Waals surface area (Å²) in [4.78, 5) is 81.5. The van der Waals surface area contributed by atoms with Crippen molar-refractivity contribution < 1.29 is 63.5 Å². The molecule has 0 aromatic heterocycles. The number of nitrogens with one attached hydrogen (secondary N) is 4. The molecule has 0 aromatic rings. The maximum Gasteiger partial charge on any atom is 0.326 e. The number of amides is 3. The minimum absolute atomic E-state index is 0.0552. The van der Waals surface area contributed by atoms with Gasteiger partial charge in [-0.2, -0.15) is 0 Å². The zero-order valence-electron chi connectivity index (χ0n) is 21.5. The van der Waals surface area contributed by atoms with Gasteiger partial charge in [-0.25, -0.2) is 9.59 Å². The smallest absolute Gasteiger partial charge is 0.326 e. The van der Waals surface area contributed by atoms with Crippen molar-refractivity contribution in [3.8, 4) is 0 Å². The van der Waals surface area contributed by atoms with Gasteiger partial charge < -0.3 is 51.2 Å². The molecule has 0 rings (SSSR count). The second-order valence-electron chi connectivity index (χ2n) is 8.15. The molecule has 8 N–H and O–H groups in total. The van der Waals surface area contributed by atoms with Crippen molar-refractivity contribution in [2.24, 2.45) is 0 Å². The zero-order chi connectivity index (χ0) is 29.8. The summed E-state index contributed by atoms with van der Waals surface area (Å²) in [6.07, 6.45) is -2.82. The Hall–Kier alpha value is -3.83. The molecule has 0 bridgehead atoms. The van der Waals surface area contributed by atoms with Gasteiger partial charge in [0.25, 0.3) is 0 Å². The number of carboxylic acids is 4. The minimum Gasteiger partial charge on any atom is -0.481 e. The van der Waals surface area contributed by atoms with Crippen LogP contribution in [0, 0.1) is 0 Å². The van der Waals surface area contributed by atoms with Gasteiger partial charge in [0.05, 0.1) is 19.8 Å². The minimum atomic E-state index is -1.60. The zero-order valence-corrected chi connectivity index (χ0v) is 21.5. The fourth-order valence-corrected chi connectivity index (χ4v) is 2.93. The van der Waals surface area contributed by atoms with Crippen molar-refractivity contribution in [2.45, 2.75) is 56.7 Å². The van der Waals surface area contributed by atoms with Crippen molar-refractivity contribution in [1.82, 2.24) is 21.3 Å². The molecule has 17 heteroatoms. The number of aliphatic carboxylic acids is 4. The Kier molecular flexibility index (Phi) is 18.2. The quantitative estimate of drug-likeness (QED) is 0.0590. The number of ether oxygens (including phenoxy) is 2. The number of rotatable bonds is 23. The van der Waals surface area contributed by atoms with Crippen LogP contribution in [0.1, 0.15) is 38.5 Å². The molecule has 3 amide bonds. The molecular formula is C22H36N4O13. The lowest BCUT2D eigenvalue weighted by molar-refractivity contribution is -0.144. The molecule has 0 spiro atoms. The molecule has 0 heterocycles.